The summed E-state index contributed by atoms with van der Waals surface area (Å²) < 4.78 is 5.23. The number of nitrogens with zero attached hydrogens (tertiary/aromatic N) is 2. The molecule has 0 aliphatic carbocycles. The van der Waals surface area contributed by atoms with Crippen molar-refractivity contribution in [2.75, 3.05) is 37.6 Å². The normalized spacial score (nSPS) is 22.8. The van der Waals surface area contributed by atoms with Gasteiger partial charge in [0, 0.05) is 54.9 Å². The van der Waals surface area contributed by atoms with E-state index < -0.39 is 29.5 Å². The van der Waals surface area contributed by atoms with Crippen molar-refractivity contribution in [1.82, 2.24) is 20.9 Å². The van der Waals surface area contributed by atoms with Crippen LogP contribution in [0.1, 0.15) is 33.6 Å². The minimum absolute atomic E-state index is 0.0814. The average Bonchev–Trinajstić information content (AvgIpc) is 3.02. The van der Waals surface area contributed by atoms with Gasteiger partial charge in [0.25, 0.3) is 0 Å². The summed E-state index contributed by atoms with van der Waals surface area (Å²) >= 11 is 12.2. The Hall–Kier alpha value is -2.43. The van der Waals surface area contributed by atoms with Crippen LogP contribution < -0.4 is 20.9 Å². The van der Waals surface area contributed by atoms with Crippen LogP contribution in [-0.2, 0) is 9.53 Å². The number of carbonyl (C=O) groups is 3. The number of hydrogen-bond donors (Lipinski definition) is 4. The summed E-state index contributed by atoms with van der Waals surface area (Å²) in [5, 5.41) is 19.2. The number of hydrogen-bond acceptors (Lipinski definition) is 6. The summed E-state index contributed by atoms with van der Waals surface area (Å²) in [7, 11) is 0. The van der Waals surface area contributed by atoms with Crippen molar-refractivity contribution in [3.05, 3.63) is 28.2 Å². The van der Waals surface area contributed by atoms with Crippen LogP contribution in [0.25, 0.3) is 0 Å². The highest BCUT2D eigenvalue weighted by Gasteiger charge is 2.46. The van der Waals surface area contributed by atoms with Gasteiger partial charge in [0.05, 0.1) is 0 Å². The number of alkyl carbamates (subject to hydrolysis) is 1. The molecule has 0 bridgehead atoms. The van der Waals surface area contributed by atoms with Gasteiger partial charge in [0.15, 0.2) is 6.23 Å². The second kappa shape index (κ2) is 10.5. The first-order valence-electron chi connectivity index (χ1n) is 11.1. The van der Waals surface area contributed by atoms with Gasteiger partial charge in [-0.1, -0.05) is 23.2 Å². The van der Waals surface area contributed by atoms with Gasteiger partial charge in [0.1, 0.15) is 11.1 Å². The topological polar surface area (TPSA) is 123 Å². The van der Waals surface area contributed by atoms with Crippen LogP contribution >= 0.6 is 23.2 Å². The molecule has 2 aliphatic rings. The van der Waals surface area contributed by atoms with E-state index in [1.807, 2.05) is 12.1 Å². The SMILES string of the molecule is CC(C)(C)OC(=O)NCC1(CCC(=O)N2CCN(c3cc(Cl)cc(Cl)c3)CC2)NC(=O)NC1O. The molecular formula is C22H31Cl2N5O5. The third kappa shape index (κ3) is 6.80. The average molecular weight is 516 g/mol. The number of ether oxygens (including phenoxy) is 1. The number of anilines is 1. The molecular weight excluding hydrogens is 485 g/mol. The van der Waals surface area contributed by atoms with Gasteiger partial charge < -0.3 is 35.6 Å². The molecule has 2 aliphatic heterocycles. The van der Waals surface area contributed by atoms with Crippen LogP contribution in [0.15, 0.2) is 18.2 Å². The Morgan fingerprint density at radius 1 is 1.18 bits per heavy atom. The minimum atomic E-state index is -1.27. The zero-order chi connectivity index (χ0) is 25.1. The number of piperazine rings is 1. The Morgan fingerprint density at radius 3 is 2.32 bits per heavy atom. The molecule has 1 aromatic rings. The molecule has 0 aromatic heterocycles. The maximum absolute atomic E-state index is 12.9. The molecule has 0 saturated carbocycles. The van der Waals surface area contributed by atoms with E-state index >= 15 is 0 Å². The summed E-state index contributed by atoms with van der Waals surface area (Å²) in [5.41, 5.74) is -1.02. The number of urea groups is 1. The molecule has 12 heteroatoms. The van der Waals surface area contributed by atoms with Gasteiger partial charge in [-0.3, -0.25) is 4.79 Å². The Morgan fingerprint density at radius 2 is 1.79 bits per heavy atom. The molecule has 10 nitrogen and oxygen atoms in total. The van der Waals surface area contributed by atoms with E-state index in [1.54, 1.807) is 31.7 Å². The van der Waals surface area contributed by atoms with E-state index in [4.69, 9.17) is 27.9 Å². The smallest absolute Gasteiger partial charge is 0.407 e. The summed E-state index contributed by atoms with van der Waals surface area (Å²) in [5.74, 6) is -0.103. The Bertz CT molecular complexity index is 913. The third-order valence-corrected chi connectivity index (χ3v) is 6.17. The lowest BCUT2D eigenvalue weighted by Crippen LogP contribution is -2.58. The Balaban J connectivity index is 1.55. The molecule has 4 N–H and O–H groups in total. The van der Waals surface area contributed by atoms with Crippen LogP contribution in [-0.4, -0.2) is 78.1 Å². The van der Waals surface area contributed by atoms with E-state index in [9.17, 15) is 19.5 Å². The van der Waals surface area contributed by atoms with E-state index in [-0.39, 0.29) is 25.3 Å². The summed E-state index contributed by atoms with van der Waals surface area (Å²) in [6.07, 6.45) is -1.74. The number of amides is 4. The van der Waals surface area contributed by atoms with E-state index in [0.717, 1.165) is 5.69 Å². The molecule has 2 atom stereocenters. The van der Waals surface area contributed by atoms with Gasteiger partial charge >= 0.3 is 12.1 Å². The predicted molar refractivity (Wildman–Crippen MR) is 129 cm³/mol. The highest BCUT2D eigenvalue weighted by Crippen LogP contribution is 2.27. The zero-order valence-electron chi connectivity index (χ0n) is 19.5. The molecule has 2 saturated heterocycles. The lowest BCUT2D eigenvalue weighted by atomic mass is 9.92. The van der Waals surface area contributed by atoms with Crippen molar-refractivity contribution < 1.29 is 24.2 Å². The molecule has 0 spiro atoms. The monoisotopic (exact) mass is 515 g/mol. The van der Waals surface area contributed by atoms with Crippen molar-refractivity contribution in [2.24, 2.45) is 0 Å². The van der Waals surface area contributed by atoms with E-state index in [0.29, 0.717) is 36.2 Å². The lowest BCUT2D eigenvalue weighted by molar-refractivity contribution is -0.132. The van der Waals surface area contributed by atoms with Crippen molar-refractivity contribution in [3.8, 4) is 0 Å². The lowest BCUT2D eigenvalue weighted by Gasteiger charge is -2.37. The maximum atomic E-state index is 12.9. The standard InChI is InChI=1S/C22H31Cl2N5O5/c1-21(2,3)34-20(33)25-13-22(18(31)26-19(32)27-22)5-4-17(30)29-8-6-28(7-9-29)16-11-14(23)10-15(24)12-16/h10-12,18,31H,4-9,13H2,1-3H3,(H,25,33)(H2,26,27,32). The zero-order valence-corrected chi connectivity index (χ0v) is 21.0. The van der Waals surface area contributed by atoms with Crippen LogP contribution in [0.3, 0.4) is 0 Å². The van der Waals surface area contributed by atoms with Gasteiger partial charge in [-0.2, -0.15) is 0 Å². The van der Waals surface area contributed by atoms with E-state index in [1.165, 1.54) is 0 Å². The minimum Gasteiger partial charge on any atom is -0.444 e. The summed E-state index contributed by atoms with van der Waals surface area (Å²) in [4.78, 5) is 40.7. The van der Waals surface area contributed by atoms with E-state index in [2.05, 4.69) is 20.9 Å². The fraction of sp³-hybridized carbons (Fsp3) is 0.591. The van der Waals surface area contributed by atoms with Gasteiger partial charge in [-0.15, -0.1) is 0 Å². The fourth-order valence-corrected chi connectivity index (χ4v) is 4.50. The van der Waals surface area contributed by atoms with Gasteiger partial charge in [-0.25, -0.2) is 9.59 Å². The molecule has 2 heterocycles. The number of aliphatic hydroxyl groups is 1. The second-order valence-electron chi connectivity index (χ2n) is 9.51. The highest BCUT2D eigenvalue weighted by molar-refractivity contribution is 6.35. The van der Waals surface area contributed by atoms with Gasteiger partial charge in [0.2, 0.25) is 5.91 Å². The largest absolute Gasteiger partial charge is 0.444 e. The fourth-order valence-electron chi connectivity index (χ4n) is 3.99. The second-order valence-corrected chi connectivity index (χ2v) is 10.4. The summed E-state index contributed by atoms with van der Waals surface area (Å²) in [6.45, 7) is 7.36. The number of rotatable bonds is 6. The number of carbonyl (C=O) groups excluding carboxylic acids is 3. The third-order valence-electron chi connectivity index (χ3n) is 5.73. The first kappa shape index (κ1) is 26.2. The van der Waals surface area contributed by atoms with Crippen LogP contribution in [0, 0.1) is 0 Å². The highest BCUT2D eigenvalue weighted by atomic mass is 35.5. The van der Waals surface area contributed by atoms with Crippen molar-refractivity contribution in [2.45, 2.75) is 51.0 Å². The first-order chi connectivity index (χ1) is 15.9. The van der Waals surface area contributed by atoms with Crippen LogP contribution in [0.4, 0.5) is 15.3 Å². The molecule has 2 fully saturated rings. The number of halogens is 2. The Labute approximate surface area is 208 Å². The quantitative estimate of drug-likeness (QED) is 0.460. The number of nitrogens with one attached hydrogen (secondary N) is 3. The molecule has 34 heavy (non-hydrogen) atoms. The number of benzene rings is 1. The van der Waals surface area contributed by atoms with Gasteiger partial charge in [-0.05, 0) is 45.4 Å². The summed E-state index contributed by atoms with van der Waals surface area (Å²) in [6, 6.07) is 4.78. The molecule has 1 aromatic carbocycles. The Kier molecular flexibility index (Phi) is 8.05. The molecule has 3 rings (SSSR count). The van der Waals surface area contributed by atoms with Crippen molar-refractivity contribution in [1.29, 1.82) is 0 Å². The number of aliphatic hydroxyl groups excluding tert-OH is 1. The molecule has 0 radical (unpaired) electrons. The van der Waals surface area contributed by atoms with Crippen molar-refractivity contribution >= 4 is 46.9 Å². The maximum Gasteiger partial charge on any atom is 0.407 e. The van der Waals surface area contributed by atoms with Crippen LogP contribution in [0.5, 0.6) is 0 Å². The molecule has 188 valence electrons. The molecule has 4 amide bonds. The predicted octanol–water partition coefficient (Wildman–Crippen LogP) is 2.32. The van der Waals surface area contributed by atoms with Crippen molar-refractivity contribution in [3.63, 3.8) is 0 Å². The molecule has 2 unspecified atom stereocenters. The first-order valence-corrected chi connectivity index (χ1v) is 11.8. The van der Waals surface area contributed by atoms with Crippen LogP contribution in [0.2, 0.25) is 10.0 Å².